The second-order valence-corrected chi connectivity index (χ2v) is 3.59. The average Bonchev–Trinajstić information content (AvgIpc) is 2.26. The molecule has 1 heterocycles. The predicted molar refractivity (Wildman–Crippen MR) is 56.9 cm³/mol. The molecule has 18 heavy (non-hydrogen) atoms. The maximum atomic E-state index is 11.8. The fraction of sp³-hybridized carbons (Fsp3) is 0.556. The topological polar surface area (TPSA) is 53.4 Å². The van der Waals surface area contributed by atoms with E-state index in [9.17, 15) is 18.0 Å². The summed E-state index contributed by atoms with van der Waals surface area (Å²) >= 11 is 5.59. The molecule has 5 nitrogen and oxygen atoms in total. The quantitative estimate of drug-likeness (QED) is 0.608. The Balaban J connectivity index is 2.61. The maximum absolute atomic E-state index is 11.8. The summed E-state index contributed by atoms with van der Waals surface area (Å²) in [6.07, 6.45) is -3.27. The van der Waals surface area contributed by atoms with E-state index in [1.807, 2.05) is 0 Å². The Kier molecular flexibility index (Phi) is 4.97. The molecule has 0 aliphatic rings. The summed E-state index contributed by atoms with van der Waals surface area (Å²) in [5.74, 6) is -0.157. The minimum atomic E-state index is -4.39. The molecule has 9 heteroatoms. The van der Waals surface area contributed by atoms with Crippen LogP contribution >= 0.6 is 11.6 Å². The van der Waals surface area contributed by atoms with E-state index in [-0.39, 0.29) is 24.1 Å². The molecule has 0 radical (unpaired) electrons. The lowest BCUT2D eigenvalue weighted by molar-refractivity contribution is -0.174. The lowest BCUT2D eigenvalue weighted by Gasteiger charge is -2.10. The molecular weight excluding hydrogens is 277 g/mol. The molecule has 0 aliphatic carbocycles. The minimum absolute atomic E-state index is 0.0740. The number of hydrogen-bond acceptors (Lipinski definition) is 4. The van der Waals surface area contributed by atoms with E-state index < -0.39 is 18.3 Å². The molecule has 0 aliphatic heterocycles. The second kappa shape index (κ2) is 6.05. The fourth-order valence-electron chi connectivity index (χ4n) is 1.13. The van der Waals surface area contributed by atoms with Gasteiger partial charge >= 0.3 is 6.18 Å². The van der Waals surface area contributed by atoms with E-state index >= 15 is 0 Å². The van der Waals surface area contributed by atoms with Crippen molar-refractivity contribution in [2.45, 2.75) is 12.7 Å². The van der Waals surface area contributed by atoms with Crippen LogP contribution in [-0.2, 0) is 11.3 Å². The van der Waals surface area contributed by atoms with Gasteiger partial charge in [0, 0.05) is 0 Å². The van der Waals surface area contributed by atoms with Gasteiger partial charge in [0.15, 0.2) is 5.15 Å². The molecule has 0 aromatic carbocycles. The highest BCUT2D eigenvalue weighted by Gasteiger charge is 2.27. The number of aromatic nitrogens is 2. The van der Waals surface area contributed by atoms with Crippen LogP contribution in [0.5, 0.6) is 5.75 Å². The van der Waals surface area contributed by atoms with Gasteiger partial charge in [0.05, 0.1) is 26.6 Å². The monoisotopic (exact) mass is 286 g/mol. The summed E-state index contributed by atoms with van der Waals surface area (Å²) < 4.78 is 45.5. The summed E-state index contributed by atoms with van der Waals surface area (Å²) in [5, 5.41) is -0.102. The average molecular weight is 287 g/mol. The van der Waals surface area contributed by atoms with Gasteiger partial charge in [0.1, 0.15) is 6.61 Å². The van der Waals surface area contributed by atoms with Crippen molar-refractivity contribution in [1.82, 2.24) is 9.55 Å². The van der Waals surface area contributed by atoms with Crippen LogP contribution in [0.15, 0.2) is 11.1 Å². The highest BCUT2D eigenvalue weighted by molar-refractivity contribution is 6.30. The van der Waals surface area contributed by atoms with Crippen LogP contribution in [0.25, 0.3) is 0 Å². The SMILES string of the molecule is COc1c(Cl)ncn(CCOCC(F)(F)F)c1=O. The molecule has 0 N–H and O–H groups in total. The highest BCUT2D eigenvalue weighted by Crippen LogP contribution is 2.15. The zero-order valence-electron chi connectivity index (χ0n) is 9.33. The molecule has 0 bridgehead atoms. The van der Waals surface area contributed by atoms with Crippen molar-refractivity contribution >= 4 is 11.6 Å². The van der Waals surface area contributed by atoms with Gasteiger partial charge in [-0.15, -0.1) is 0 Å². The first-order valence-electron chi connectivity index (χ1n) is 4.78. The number of rotatable bonds is 5. The Labute approximate surface area is 105 Å². The summed E-state index contributed by atoms with van der Waals surface area (Å²) in [7, 11) is 1.24. The molecule has 0 fully saturated rings. The molecule has 0 atom stereocenters. The van der Waals surface area contributed by atoms with Crippen molar-refractivity contribution in [1.29, 1.82) is 0 Å². The van der Waals surface area contributed by atoms with Crippen molar-refractivity contribution in [3.63, 3.8) is 0 Å². The molecule has 1 aromatic rings. The third-order valence-corrected chi connectivity index (χ3v) is 2.17. The molecule has 0 spiro atoms. The molecule has 0 unspecified atom stereocenters. The van der Waals surface area contributed by atoms with Crippen molar-refractivity contribution in [2.24, 2.45) is 0 Å². The largest absolute Gasteiger partial charge is 0.489 e. The van der Waals surface area contributed by atoms with Gasteiger partial charge in [-0.3, -0.25) is 9.36 Å². The van der Waals surface area contributed by atoms with Gasteiger partial charge in [-0.05, 0) is 0 Å². The van der Waals surface area contributed by atoms with Crippen LogP contribution in [0.3, 0.4) is 0 Å². The van der Waals surface area contributed by atoms with E-state index in [0.29, 0.717) is 0 Å². The van der Waals surface area contributed by atoms with Crippen LogP contribution in [-0.4, -0.2) is 36.1 Å². The van der Waals surface area contributed by atoms with Crippen molar-refractivity contribution in [3.05, 3.63) is 21.8 Å². The number of methoxy groups -OCH3 is 1. The third kappa shape index (κ3) is 4.19. The lowest BCUT2D eigenvalue weighted by Crippen LogP contribution is -2.25. The van der Waals surface area contributed by atoms with Crippen LogP contribution in [0.4, 0.5) is 13.2 Å². The smallest absolute Gasteiger partial charge is 0.411 e. The van der Waals surface area contributed by atoms with Crippen molar-refractivity contribution in [3.8, 4) is 5.75 Å². The Morgan fingerprint density at radius 3 is 2.72 bits per heavy atom. The van der Waals surface area contributed by atoms with E-state index in [4.69, 9.17) is 16.3 Å². The molecular formula is C9H10ClF3N2O3. The first kappa shape index (κ1) is 14.8. The maximum Gasteiger partial charge on any atom is 0.411 e. The second-order valence-electron chi connectivity index (χ2n) is 3.23. The number of halogens is 4. The van der Waals surface area contributed by atoms with Crippen LogP contribution in [0.1, 0.15) is 0 Å². The normalized spacial score (nSPS) is 11.6. The minimum Gasteiger partial charge on any atom is -0.489 e. The molecule has 0 amide bonds. The number of ether oxygens (including phenoxy) is 2. The zero-order chi connectivity index (χ0) is 13.8. The fourth-order valence-corrected chi connectivity index (χ4v) is 1.33. The highest BCUT2D eigenvalue weighted by atomic mass is 35.5. The summed E-state index contributed by atoms with van der Waals surface area (Å²) in [6, 6.07) is 0. The standard InChI is InChI=1S/C9H10ClF3N2O3/c1-17-6-7(10)14-5-15(8(6)16)2-3-18-4-9(11,12)13/h5H,2-4H2,1H3. The van der Waals surface area contributed by atoms with Crippen LogP contribution in [0.2, 0.25) is 5.15 Å². The number of nitrogens with zero attached hydrogens (tertiary/aromatic N) is 2. The Bertz CT molecular complexity index is 461. The van der Waals surface area contributed by atoms with E-state index in [2.05, 4.69) is 9.72 Å². The van der Waals surface area contributed by atoms with Crippen molar-refractivity contribution < 1.29 is 22.6 Å². The first-order chi connectivity index (χ1) is 8.35. The third-order valence-electron chi connectivity index (χ3n) is 1.90. The zero-order valence-corrected chi connectivity index (χ0v) is 10.1. The van der Waals surface area contributed by atoms with E-state index in [1.165, 1.54) is 7.11 Å². The molecule has 0 saturated heterocycles. The van der Waals surface area contributed by atoms with Gasteiger partial charge < -0.3 is 9.47 Å². The number of alkyl halides is 3. The predicted octanol–water partition coefficient (Wildman–Crippen LogP) is 1.48. The van der Waals surface area contributed by atoms with Crippen molar-refractivity contribution in [2.75, 3.05) is 20.3 Å². The molecule has 1 aromatic heterocycles. The number of hydrogen-bond donors (Lipinski definition) is 0. The van der Waals surface area contributed by atoms with Crippen LogP contribution in [0, 0.1) is 0 Å². The first-order valence-corrected chi connectivity index (χ1v) is 5.16. The van der Waals surface area contributed by atoms with Gasteiger partial charge in [-0.2, -0.15) is 13.2 Å². The van der Waals surface area contributed by atoms with Gasteiger partial charge in [0.2, 0.25) is 5.75 Å². The lowest BCUT2D eigenvalue weighted by atomic mass is 10.5. The van der Waals surface area contributed by atoms with Crippen LogP contribution < -0.4 is 10.3 Å². The molecule has 102 valence electrons. The van der Waals surface area contributed by atoms with Gasteiger partial charge in [0.25, 0.3) is 5.56 Å². The summed E-state index contributed by atoms with van der Waals surface area (Å²) in [5.41, 5.74) is -0.576. The summed E-state index contributed by atoms with van der Waals surface area (Å²) in [4.78, 5) is 15.3. The van der Waals surface area contributed by atoms with E-state index in [1.54, 1.807) is 0 Å². The Morgan fingerprint density at radius 1 is 1.50 bits per heavy atom. The Hall–Kier alpha value is -1.28. The molecule has 1 rings (SSSR count). The summed E-state index contributed by atoms with van der Waals surface area (Å²) in [6.45, 7) is -1.71. The molecule has 0 saturated carbocycles. The van der Waals surface area contributed by atoms with E-state index in [0.717, 1.165) is 10.9 Å². The van der Waals surface area contributed by atoms with Gasteiger partial charge in [-0.25, -0.2) is 4.98 Å². The van der Waals surface area contributed by atoms with Gasteiger partial charge in [-0.1, -0.05) is 11.6 Å². The Morgan fingerprint density at radius 2 is 2.17 bits per heavy atom.